The average molecular weight is 240 g/mol. The summed E-state index contributed by atoms with van der Waals surface area (Å²) in [6.45, 7) is 3.21. The van der Waals surface area contributed by atoms with Gasteiger partial charge >= 0.3 is 0 Å². The second-order valence-corrected chi connectivity index (χ2v) is 4.54. The first kappa shape index (κ1) is 11.0. The molecular formula is C14H16N4. The van der Waals surface area contributed by atoms with Crippen molar-refractivity contribution in [2.75, 3.05) is 0 Å². The lowest BCUT2D eigenvalue weighted by Gasteiger charge is -2.03. The Bertz CT molecular complexity index is 678. The molecule has 92 valence electrons. The molecule has 0 saturated carbocycles. The van der Waals surface area contributed by atoms with Gasteiger partial charge in [-0.3, -0.25) is 9.67 Å². The van der Waals surface area contributed by atoms with Crippen molar-refractivity contribution in [3.05, 3.63) is 36.9 Å². The molecule has 0 amide bonds. The van der Waals surface area contributed by atoms with Gasteiger partial charge in [0.25, 0.3) is 0 Å². The Kier molecular flexibility index (Phi) is 2.63. The molecule has 0 saturated heterocycles. The molecule has 4 nitrogen and oxygen atoms in total. The van der Waals surface area contributed by atoms with Crippen molar-refractivity contribution < 1.29 is 0 Å². The molecule has 0 bridgehead atoms. The third-order valence-electron chi connectivity index (χ3n) is 3.12. The van der Waals surface area contributed by atoms with E-state index >= 15 is 0 Å². The molecule has 0 radical (unpaired) electrons. The summed E-state index contributed by atoms with van der Waals surface area (Å²) in [7, 11) is 1.93. The van der Waals surface area contributed by atoms with E-state index in [1.54, 1.807) is 0 Å². The molecule has 0 spiro atoms. The van der Waals surface area contributed by atoms with E-state index < -0.39 is 0 Å². The summed E-state index contributed by atoms with van der Waals surface area (Å²) in [5.74, 6) is 0. The number of hydrogen-bond donors (Lipinski definition) is 0. The van der Waals surface area contributed by atoms with E-state index in [0.717, 1.165) is 29.6 Å². The Morgan fingerprint density at radius 1 is 1.22 bits per heavy atom. The predicted molar refractivity (Wildman–Crippen MR) is 72.2 cm³/mol. The van der Waals surface area contributed by atoms with E-state index in [1.165, 1.54) is 5.52 Å². The molecule has 3 heterocycles. The number of fused-ring (bicyclic) bond motifs is 1. The Balaban J connectivity index is 2.11. The van der Waals surface area contributed by atoms with Crippen molar-refractivity contribution in [3.8, 4) is 11.1 Å². The first-order chi connectivity index (χ1) is 8.78. The zero-order valence-electron chi connectivity index (χ0n) is 10.7. The van der Waals surface area contributed by atoms with Gasteiger partial charge in [0.1, 0.15) is 0 Å². The van der Waals surface area contributed by atoms with Gasteiger partial charge in [-0.25, -0.2) is 0 Å². The second-order valence-electron chi connectivity index (χ2n) is 4.54. The first-order valence-corrected chi connectivity index (χ1v) is 6.22. The van der Waals surface area contributed by atoms with Crippen LogP contribution in [-0.4, -0.2) is 19.3 Å². The van der Waals surface area contributed by atoms with Gasteiger partial charge in [0.15, 0.2) is 0 Å². The van der Waals surface area contributed by atoms with Crippen molar-refractivity contribution in [1.82, 2.24) is 19.3 Å². The zero-order valence-corrected chi connectivity index (χ0v) is 10.7. The van der Waals surface area contributed by atoms with E-state index in [2.05, 4.69) is 39.9 Å². The largest absolute Gasteiger partial charge is 0.346 e. The fourth-order valence-electron chi connectivity index (χ4n) is 2.23. The number of aryl methyl sites for hydroxylation is 2. The molecule has 0 aliphatic heterocycles. The number of pyridine rings is 1. The topological polar surface area (TPSA) is 35.6 Å². The second kappa shape index (κ2) is 4.29. The quantitative estimate of drug-likeness (QED) is 0.705. The SMILES string of the molecule is CCCn1ccc2ncc(-c3cnn(C)c3)cc21. The average Bonchev–Trinajstić information content (AvgIpc) is 2.96. The van der Waals surface area contributed by atoms with Gasteiger partial charge in [-0.2, -0.15) is 5.10 Å². The standard InChI is InChI=1S/C14H16N4/c1-3-5-18-6-4-13-14(18)7-11(8-15-13)12-9-16-17(2)10-12/h4,6-10H,3,5H2,1-2H3. The van der Waals surface area contributed by atoms with E-state index in [1.807, 2.05) is 30.3 Å². The van der Waals surface area contributed by atoms with Crippen LogP contribution in [0.1, 0.15) is 13.3 Å². The molecule has 0 fully saturated rings. The molecule has 0 atom stereocenters. The first-order valence-electron chi connectivity index (χ1n) is 6.22. The normalized spacial score (nSPS) is 11.2. The van der Waals surface area contributed by atoms with Gasteiger partial charge < -0.3 is 4.57 Å². The fourth-order valence-corrected chi connectivity index (χ4v) is 2.23. The summed E-state index contributed by atoms with van der Waals surface area (Å²) in [6.07, 6.45) is 9.02. The molecule has 3 aromatic heterocycles. The van der Waals surface area contributed by atoms with E-state index in [0.29, 0.717) is 0 Å². The highest BCUT2D eigenvalue weighted by atomic mass is 15.2. The highest BCUT2D eigenvalue weighted by molar-refractivity contribution is 5.81. The maximum absolute atomic E-state index is 4.51. The lowest BCUT2D eigenvalue weighted by atomic mass is 10.1. The van der Waals surface area contributed by atoms with Crippen LogP contribution in [0.25, 0.3) is 22.2 Å². The predicted octanol–water partition coefficient (Wildman–Crippen LogP) is 2.85. The van der Waals surface area contributed by atoms with Gasteiger partial charge in [-0.1, -0.05) is 6.92 Å². The summed E-state index contributed by atoms with van der Waals surface area (Å²) in [5.41, 5.74) is 4.47. The molecule has 0 N–H and O–H groups in total. The summed E-state index contributed by atoms with van der Waals surface area (Å²) >= 11 is 0. The molecule has 4 heteroatoms. The van der Waals surface area contributed by atoms with Crippen LogP contribution in [0, 0.1) is 0 Å². The molecule has 0 aliphatic rings. The van der Waals surface area contributed by atoms with Crippen LogP contribution in [0.4, 0.5) is 0 Å². The molecule has 3 aromatic rings. The molecule has 3 rings (SSSR count). The van der Waals surface area contributed by atoms with Gasteiger partial charge in [0.05, 0.1) is 17.2 Å². The van der Waals surface area contributed by atoms with Crippen molar-refractivity contribution in [2.45, 2.75) is 19.9 Å². The van der Waals surface area contributed by atoms with E-state index in [4.69, 9.17) is 0 Å². The van der Waals surface area contributed by atoms with Crippen molar-refractivity contribution in [1.29, 1.82) is 0 Å². The van der Waals surface area contributed by atoms with Crippen molar-refractivity contribution in [3.63, 3.8) is 0 Å². The molecular weight excluding hydrogens is 224 g/mol. The molecule has 18 heavy (non-hydrogen) atoms. The molecule has 0 unspecified atom stereocenters. The summed E-state index contributed by atoms with van der Waals surface area (Å²) in [5, 5.41) is 4.20. The highest BCUT2D eigenvalue weighted by Gasteiger charge is 2.06. The Hall–Kier alpha value is -2.10. The third kappa shape index (κ3) is 1.79. The maximum Gasteiger partial charge on any atom is 0.0881 e. The minimum absolute atomic E-state index is 1.03. The van der Waals surface area contributed by atoms with Gasteiger partial charge in [-0.15, -0.1) is 0 Å². The third-order valence-corrected chi connectivity index (χ3v) is 3.12. The van der Waals surface area contributed by atoms with Crippen LogP contribution in [0.2, 0.25) is 0 Å². The minimum atomic E-state index is 1.03. The minimum Gasteiger partial charge on any atom is -0.346 e. The Labute approximate surface area is 106 Å². The number of aromatic nitrogens is 4. The zero-order chi connectivity index (χ0) is 12.5. The molecule has 0 aliphatic carbocycles. The number of nitrogens with zero attached hydrogens (tertiary/aromatic N) is 4. The smallest absolute Gasteiger partial charge is 0.0881 e. The lowest BCUT2D eigenvalue weighted by molar-refractivity contribution is 0.703. The van der Waals surface area contributed by atoms with Gasteiger partial charge in [0, 0.05) is 43.3 Å². The molecule has 0 aromatic carbocycles. The fraction of sp³-hybridized carbons (Fsp3) is 0.286. The van der Waals surface area contributed by atoms with Crippen LogP contribution < -0.4 is 0 Å². The van der Waals surface area contributed by atoms with Crippen LogP contribution in [0.3, 0.4) is 0 Å². The van der Waals surface area contributed by atoms with Crippen molar-refractivity contribution >= 4 is 11.0 Å². The van der Waals surface area contributed by atoms with Crippen molar-refractivity contribution in [2.24, 2.45) is 7.05 Å². The number of rotatable bonds is 3. The van der Waals surface area contributed by atoms with Gasteiger partial charge in [-0.05, 0) is 18.6 Å². The summed E-state index contributed by atoms with van der Waals surface area (Å²) < 4.78 is 4.06. The number of hydrogen-bond acceptors (Lipinski definition) is 2. The maximum atomic E-state index is 4.51. The van der Waals surface area contributed by atoms with Crippen LogP contribution in [-0.2, 0) is 13.6 Å². The Morgan fingerprint density at radius 3 is 2.83 bits per heavy atom. The van der Waals surface area contributed by atoms with Crippen LogP contribution in [0.5, 0.6) is 0 Å². The van der Waals surface area contributed by atoms with Gasteiger partial charge in [0.2, 0.25) is 0 Å². The summed E-state index contributed by atoms with van der Waals surface area (Å²) in [6, 6.07) is 4.26. The van der Waals surface area contributed by atoms with E-state index in [-0.39, 0.29) is 0 Å². The monoisotopic (exact) mass is 240 g/mol. The van der Waals surface area contributed by atoms with Crippen LogP contribution >= 0.6 is 0 Å². The lowest BCUT2D eigenvalue weighted by Crippen LogP contribution is -1.94. The highest BCUT2D eigenvalue weighted by Crippen LogP contribution is 2.23. The Morgan fingerprint density at radius 2 is 2.11 bits per heavy atom. The van der Waals surface area contributed by atoms with Crippen LogP contribution in [0.15, 0.2) is 36.9 Å². The summed E-state index contributed by atoms with van der Waals surface area (Å²) in [4.78, 5) is 4.51. The van der Waals surface area contributed by atoms with E-state index in [9.17, 15) is 0 Å².